The summed E-state index contributed by atoms with van der Waals surface area (Å²) in [5.74, 6) is -0.938. The third-order valence-electron chi connectivity index (χ3n) is 3.19. The molecule has 0 atom stereocenters. The quantitative estimate of drug-likeness (QED) is 0.837. The third-order valence-corrected chi connectivity index (χ3v) is 3.19. The molecule has 1 fully saturated rings. The fourth-order valence-corrected chi connectivity index (χ4v) is 2.22. The molecule has 1 aliphatic carbocycles. The maximum atomic E-state index is 10.7. The average molecular weight is 230 g/mol. The van der Waals surface area contributed by atoms with Gasteiger partial charge in [-0.3, -0.25) is 0 Å². The van der Waals surface area contributed by atoms with Gasteiger partial charge in [-0.2, -0.15) is 5.26 Å². The van der Waals surface area contributed by atoms with Crippen molar-refractivity contribution in [3.8, 4) is 6.07 Å². The van der Waals surface area contributed by atoms with Gasteiger partial charge in [0.2, 0.25) is 0 Å². The van der Waals surface area contributed by atoms with Crippen LogP contribution in [0.1, 0.15) is 36.0 Å². The van der Waals surface area contributed by atoms with E-state index in [0.717, 1.165) is 31.4 Å². The molecule has 1 saturated carbocycles. The zero-order valence-corrected chi connectivity index (χ0v) is 9.44. The van der Waals surface area contributed by atoms with E-state index in [2.05, 4.69) is 11.4 Å². The van der Waals surface area contributed by atoms with Crippen molar-refractivity contribution in [1.82, 2.24) is 0 Å². The van der Waals surface area contributed by atoms with Gasteiger partial charge in [0.25, 0.3) is 0 Å². The first-order chi connectivity index (χ1) is 8.15. The average Bonchev–Trinajstić information content (AvgIpc) is 2.79. The molecule has 1 aliphatic rings. The van der Waals surface area contributed by atoms with Crippen molar-refractivity contribution in [3.63, 3.8) is 0 Å². The maximum Gasteiger partial charge on any atom is 0.335 e. The van der Waals surface area contributed by atoms with Gasteiger partial charge in [0.05, 0.1) is 11.6 Å². The summed E-state index contributed by atoms with van der Waals surface area (Å²) in [6, 6.07) is 8.85. The van der Waals surface area contributed by atoms with Crippen LogP contribution in [0.2, 0.25) is 0 Å². The molecule has 0 aliphatic heterocycles. The number of anilines is 1. The Morgan fingerprint density at radius 2 is 1.88 bits per heavy atom. The van der Waals surface area contributed by atoms with E-state index >= 15 is 0 Å². The molecule has 17 heavy (non-hydrogen) atoms. The molecule has 4 nitrogen and oxygen atoms in total. The van der Waals surface area contributed by atoms with Gasteiger partial charge < -0.3 is 10.4 Å². The topological polar surface area (TPSA) is 73.1 Å². The predicted molar refractivity (Wildman–Crippen MR) is 63.8 cm³/mol. The highest BCUT2D eigenvalue weighted by Gasteiger charge is 2.33. The number of carboxylic acid groups (broad SMARTS) is 1. The van der Waals surface area contributed by atoms with Crippen molar-refractivity contribution < 1.29 is 9.90 Å². The molecule has 0 heterocycles. The van der Waals surface area contributed by atoms with Crippen molar-refractivity contribution >= 4 is 11.7 Å². The second-order valence-electron chi connectivity index (χ2n) is 4.41. The van der Waals surface area contributed by atoms with Gasteiger partial charge in [0, 0.05) is 5.69 Å². The Kier molecular flexibility index (Phi) is 3.01. The lowest BCUT2D eigenvalue weighted by Gasteiger charge is -2.23. The number of rotatable bonds is 3. The Morgan fingerprint density at radius 3 is 2.35 bits per heavy atom. The minimum Gasteiger partial charge on any atom is -0.478 e. The number of aromatic carboxylic acids is 1. The molecule has 0 amide bonds. The first kappa shape index (κ1) is 11.5. The summed E-state index contributed by atoms with van der Waals surface area (Å²) in [7, 11) is 0. The summed E-state index contributed by atoms with van der Waals surface area (Å²) in [6.45, 7) is 0. The number of benzene rings is 1. The van der Waals surface area contributed by atoms with Crippen molar-refractivity contribution in [2.75, 3.05) is 5.32 Å². The lowest BCUT2D eigenvalue weighted by Crippen LogP contribution is -2.32. The zero-order chi connectivity index (χ0) is 12.3. The molecule has 2 rings (SSSR count). The molecular weight excluding hydrogens is 216 g/mol. The van der Waals surface area contributed by atoms with Crippen LogP contribution in [-0.2, 0) is 0 Å². The van der Waals surface area contributed by atoms with Crippen molar-refractivity contribution in [2.24, 2.45) is 0 Å². The van der Waals surface area contributed by atoms with Crippen LogP contribution in [0.25, 0.3) is 0 Å². The number of nitriles is 1. The van der Waals surface area contributed by atoms with Crippen LogP contribution in [0.5, 0.6) is 0 Å². The normalized spacial score (nSPS) is 17.4. The van der Waals surface area contributed by atoms with Gasteiger partial charge in [0.1, 0.15) is 5.54 Å². The van der Waals surface area contributed by atoms with Gasteiger partial charge >= 0.3 is 5.97 Å². The molecule has 0 unspecified atom stereocenters. The molecule has 0 spiro atoms. The minimum absolute atomic E-state index is 0.257. The first-order valence-corrected chi connectivity index (χ1v) is 5.68. The Bertz CT molecular complexity index is 453. The van der Waals surface area contributed by atoms with Gasteiger partial charge in [-0.1, -0.05) is 0 Å². The van der Waals surface area contributed by atoms with E-state index < -0.39 is 11.5 Å². The maximum absolute atomic E-state index is 10.7. The minimum atomic E-state index is -0.938. The van der Waals surface area contributed by atoms with E-state index in [1.807, 2.05) is 0 Å². The zero-order valence-electron chi connectivity index (χ0n) is 9.44. The van der Waals surface area contributed by atoms with Gasteiger partial charge in [-0.25, -0.2) is 4.79 Å². The van der Waals surface area contributed by atoms with Crippen molar-refractivity contribution in [3.05, 3.63) is 29.8 Å². The molecule has 88 valence electrons. The highest BCUT2D eigenvalue weighted by molar-refractivity contribution is 5.88. The fraction of sp³-hybridized carbons (Fsp3) is 0.385. The van der Waals surface area contributed by atoms with Crippen LogP contribution in [-0.4, -0.2) is 16.6 Å². The molecule has 4 heteroatoms. The predicted octanol–water partition coefficient (Wildman–Crippen LogP) is 2.63. The van der Waals surface area contributed by atoms with E-state index in [4.69, 9.17) is 5.11 Å². The SMILES string of the molecule is N#CC1(Nc2ccc(C(=O)O)cc2)CCCC1. The third kappa shape index (κ3) is 2.39. The van der Waals surface area contributed by atoms with E-state index in [-0.39, 0.29) is 5.56 Å². The van der Waals surface area contributed by atoms with E-state index in [1.165, 1.54) is 0 Å². The van der Waals surface area contributed by atoms with Gasteiger partial charge in [-0.15, -0.1) is 0 Å². The lowest BCUT2D eigenvalue weighted by molar-refractivity contribution is 0.0697. The molecule has 0 saturated heterocycles. The smallest absolute Gasteiger partial charge is 0.335 e. The van der Waals surface area contributed by atoms with Crippen LogP contribution in [0, 0.1) is 11.3 Å². The van der Waals surface area contributed by atoms with Crippen molar-refractivity contribution in [2.45, 2.75) is 31.2 Å². The number of carbonyl (C=O) groups is 1. The molecule has 0 aromatic heterocycles. The highest BCUT2D eigenvalue weighted by atomic mass is 16.4. The van der Waals surface area contributed by atoms with E-state index in [9.17, 15) is 10.1 Å². The number of nitrogens with zero attached hydrogens (tertiary/aromatic N) is 1. The Labute approximate surface area is 99.9 Å². The standard InChI is InChI=1S/C13H14N2O2/c14-9-13(7-1-2-8-13)15-11-5-3-10(4-6-11)12(16)17/h3-6,15H,1-2,7-8H2,(H,16,17). The highest BCUT2D eigenvalue weighted by Crippen LogP contribution is 2.32. The molecule has 2 N–H and O–H groups in total. The Hall–Kier alpha value is -2.02. The summed E-state index contributed by atoms with van der Waals surface area (Å²) in [5, 5.41) is 21.2. The molecule has 1 aromatic carbocycles. The first-order valence-electron chi connectivity index (χ1n) is 5.68. The summed E-state index contributed by atoms with van der Waals surface area (Å²) in [6.07, 6.45) is 3.83. The number of carboxylic acids is 1. The number of nitrogens with one attached hydrogen (secondary N) is 1. The van der Waals surface area contributed by atoms with Crippen LogP contribution >= 0.6 is 0 Å². The molecule has 0 radical (unpaired) electrons. The summed E-state index contributed by atoms with van der Waals surface area (Å²) < 4.78 is 0. The van der Waals surface area contributed by atoms with Crippen LogP contribution < -0.4 is 5.32 Å². The molecular formula is C13H14N2O2. The van der Waals surface area contributed by atoms with E-state index in [1.54, 1.807) is 24.3 Å². The number of hydrogen-bond acceptors (Lipinski definition) is 3. The Morgan fingerprint density at radius 1 is 1.29 bits per heavy atom. The van der Waals surface area contributed by atoms with E-state index in [0.29, 0.717) is 0 Å². The summed E-state index contributed by atoms with van der Waals surface area (Å²) >= 11 is 0. The van der Waals surface area contributed by atoms with Crippen LogP contribution in [0.4, 0.5) is 5.69 Å². The summed E-state index contributed by atoms with van der Waals surface area (Å²) in [4.78, 5) is 10.7. The van der Waals surface area contributed by atoms with Gasteiger partial charge in [-0.05, 0) is 49.9 Å². The fourth-order valence-electron chi connectivity index (χ4n) is 2.22. The number of hydrogen-bond donors (Lipinski definition) is 2. The van der Waals surface area contributed by atoms with Crippen LogP contribution in [0.3, 0.4) is 0 Å². The van der Waals surface area contributed by atoms with Gasteiger partial charge in [0.15, 0.2) is 0 Å². The second-order valence-corrected chi connectivity index (χ2v) is 4.41. The molecule has 0 bridgehead atoms. The second kappa shape index (κ2) is 4.46. The van der Waals surface area contributed by atoms with Crippen LogP contribution in [0.15, 0.2) is 24.3 Å². The summed E-state index contributed by atoms with van der Waals surface area (Å²) in [5.41, 5.74) is 0.594. The molecule has 1 aromatic rings. The monoisotopic (exact) mass is 230 g/mol. The Balaban J connectivity index is 2.13. The largest absolute Gasteiger partial charge is 0.478 e. The lowest BCUT2D eigenvalue weighted by atomic mass is 9.99. The van der Waals surface area contributed by atoms with Crippen molar-refractivity contribution in [1.29, 1.82) is 5.26 Å².